The molecule has 0 radical (unpaired) electrons. The van der Waals surface area contributed by atoms with Crippen LogP contribution < -0.4 is 5.32 Å². The van der Waals surface area contributed by atoms with E-state index in [0.717, 1.165) is 0 Å². The third kappa shape index (κ3) is 2.84. The molecular formula is C24H18ClN5O3. The number of fused-ring (bicyclic) bond motifs is 2. The summed E-state index contributed by atoms with van der Waals surface area (Å²) >= 11 is 6.04. The average molecular weight is 460 g/mol. The second kappa shape index (κ2) is 7.60. The molecule has 2 saturated heterocycles. The molecule has 4 atom stereocenters. The van der Waals surface area contributed by atoms with E-state index in [4.69, 9.17) is 26.5 Å². The molecule has 0 spiro atoms. The number of benzene rings is 2. The number of rotatable bonds is 3. The van der Waals surface area contributed by atoms with Crippen LogP contribution in [0.2, 0.25) is 5.02 Å². The fourth-order valence-corrected chi connectivity index (χ4v) is 4.92. The standard InChI is InChI=1S/C24H18ClN5O3/c1-14-23(13-28)21(29)33-24(14,17-5-7-18(25)8-6-17)32-20(22(23,11-26)12-27)16-3-9-19(10-4-16)30-15(2)31/h3-10,14,20,29H,1-2H3,(H,30,31). The van der Waals surface area contributed by atoms with E-state index in [9.17, 15) is 20.6 Å². The molecule has 33 heavy (non-hydrogen) atoms. The van der Waals surface area contributed by atoms with Gasteiger partial charge in [-0.3, -0.25) is 10.2 Å². The first-order chi connectivity index (χ1) is 15.7. The lowest BCUT2D eigenvalue weighted by atomic mass is 9.53. The summed E-state index contributed by atoms with van der Waals surface area (Å²) in [5.41, 5.74) is -2.51. The second-order valence-electron chi connectivity index (χ2n) is 8.08. The van der Waals surface area contributed by atoms with E-state index in [2.05, 4.69) is 11.4 Å². The number of ether oxygens (including phenoxy) is 2. The highest BCUT2D eigenvalue weighted by Crippen LogP contribution is 2.68. The normalized spacial score (nSPS) is 29.2. The SMILES string of the molecule is CC(=O)Nc1ccc(C2OC3(c4ccc(Cl)cc4)OC(=N)C(C#N)(C3C)C2(C#N)C#N)cc1. The monoisotopic (exact) mass is 459 g/mol. The van der Waals surface area contributed by atoms with E-state index in [0.29, 0.717) is 21.8 Å². The van der Waals surface area contributed by atoms with E-state index in [1.807, 2.05) is 12.1 Å². The van der Waals surface area contributed by atoms with Crippen molar-refractivity contribution in [1.82, 2.24) is 0 Å². The molecule has 9 heteroatoms. The largest absolute Gasteiger partial charge is 0.443 e. The summed E-state index contributed by atoms with van der Waals surface area (Å²) in [4.78, 5) is 11.4. The molecule has 2 N–H and O–H groups in total. The number of hydrogen-bond acceptors (Lipinski definition) is 7. The molecule has 2 heterocycles. The molecule has 4 rings (SSSR count). The lowest BCUT2D eigenvalue weighted by molar-refractivity contribution is -0.288. The first-order valence-electron chi connectivity index (χ1n) is 10.0. The highest BCUT2D eigenvalue weighted by molar-refractivity contribution is 6.30. The summed E-state index contributed by atoms with van der Waals surface area (Å²) in [5.74, 6) is -3.19. The molecule has 2 fully saturated rings. The van der Waals surface area contributed by atoms with Crippen molar-refractivity contribution in [3.8, 4) is 18.2 Å². The van der Waals surface area contributed by atoms with Crippen molar-refractivity contribution in [1.29, 1.82) is 21.2 Å². The Kier molecular flexibility index (Phi) is 5.14. The fraction of sp³-hybridized carbons (Fsp3) is 0.292. The molecule has 8 nitrogen and oxygen atoms in total. The molecule has 2 aromatic rings. The van der Waals surface area contributed by atoms with Crippen LogP contribution in [0.25, 0.3) is 0 Å². The molecule has 2 aromatic carbocycles. The van der Waals surface area contributed by atoms with Gasteiger partial charge in [0.2, 0.25) is 23.0 Å². The maximum absolute atomic E-state index is 11.4. The fourth-order valence-electron chi connectivity index (χ4n) is 4.80. The van der Waals surface area contributed by atoms with Crippen LogP contribution in [0, 0.1) is 56.2 Å². The van der Waals surface area contributed by atoms with E-state index in [1.165, 1.54) is 6.92 Å². The Labute approximate surface area is 195 Å². The van der Waals surface area contributed by atoms with Gasteiger partial charge in [0.05, 0.1) is 24.1 Å². The van der Waals surface area contributed by atoms with Gasteiger partial charge in [0.25, 0.3) is 0 Å². The summed E-state index contributed by atoms with van der Waals surface area (Å²) in [6.07, 6.45) is -1.23. The van der Waals surface area contributed by atoms with Gasteiger partial charge in [-0.1, -0.05) is 42.8 Å². The summed E-state index contributed by atoms with van der Waals surface area (Å²) < 4.78 is 12.3. The number of hydrogen-bond donors (Lipinski definition) is 2. The van der Waals surface area contributed by atoms with Gasteiger partial charge < -0.3 is 14.8 Å². The summed E-state index contributed by atoms with van der Waals surface area (Å²) in [6, 6.07) is 19.1. The number of carbonyl (C=O) groups excluding carboxylic acids is 1. The minimum Gasteiger partial charge on any atom is -0.443 e. The van der Waals surface area contributed by atoms with Crippen LogP contribution in [0.1, 0.15) is 31.1 Å². The van der Waals surface area contributed by atoms with Crippen LogP contribution in [0.5, 0.6) is 0 Å². The molecule has 4 unspecified atom stereocenters. The molecule has 2 bridgehead atoms. The van der Waals surface area contributed by atoms with Crippen LogP contribution in [0.15, 0.2) is 48.5 Å². The van der Waals surface area contributed by atoms with Crippen molar-refractivity contribution >= 4 is 29.1 Å². The van der Waals surface area contributed by atoms with Gasteiger partial charge >= 0.3 is 0 Å². The molecular weight excluding hydrogens is 442 g/mol. The molecule has 2 aliphatic heterocycles. The summed E-state index contributed by atoms with van der Waals surface area (Å²) in [7, 11) is 0. The highest BCUT2D eigenvalue weighted by Gasteiger charge is 2.79. The smallest absolute Gasteiger partial charge is 0.244 e. The van der Waals surface area contributed by atoms with Gasteiger partial charge in [0.15, 0.2) is 5.41 Å². The third-order valence-electron chi connectivity index (χ3n) is 6.45. The van der Waals surface area contributed by atoms with Gasteiger partial charge in [0, 0.05) is 23.2 Å². The second-order valence-corrected chi connectivity index (χ2v) is 8.52. The number of nitrogens with one attached hydrogen (secondary N) is 2. The van der Waals surface area contributed by atoms with Crippen molar-refractivity contribution in [3.63, 3.8) is 0 Å². The van der Waals surface area contributed by atoms with Crippen molar-refractivity contribution in [2.45, 2.75) is 25.7 Å². The van der Waals surface area contributed by atoms with Crippen LogP contribution in [-0.2, 0) is 20.1 Å². The number of anilines is 1. The Morgan fingerprint density at radius 2 is 1.67 bits per heavy atom. The lowest BCUT2D eigenvalue weighted by Gasteiger charge is -2.48. The topological polar surface area (TPSA) is 143 Å². The zero-order chi connectivity index (χ0) is 24.0. The van der Waals surface area contributed by atoms with Crippen LogP contribution in [0.3, 0.4) is 0 Å². The number of nitriles is 3. The lowest BCUT2D eigenvalue weighted by Crippen LogP contribution is -2.57. The Morgan fingerprint density at radius 1 is 1.06 bits per heavy atom. The minimum absolute atomic E-state index is 0.251. The van der Waals surface area contributed by atoms with E-state index < -0.39 is 34.5 Å². The Bertz CT molecular complexity index is 1260. The van der Waals surface area contributed by atoms with E-state index in [-0.39, 0.29) is 5.91 Å². The first-order valence-corrected chi connectivity index (χ1v) is 10.4. The molecule has 2 aliphatic rings. The predicted octanol–water partition coefficient (Wildman–Crippen LogP) is 4.41. The van der Waals surface area contributed by atoms with Crippen molar-refractivity contribution in [2.24, 2.45) is 16.7 Å². The number of amides is 1. The average Bonchev–Trinajstić information content (AvgIpc) is 2.96. The van der Waals surface area contributed by atoms with Gasteiger partial charge in [-0.05, 0) is 29.8 Å². The van der Waals surface area contributed by atoms with Crippen molar-refractivity contribution in [2.75, 3.05) is 5.32 Å². The Hall–Kier alpha value is -3.90. The predicted molar refractivity (Wildman–Crippen MR) is 117 cm³/mol. The quantitative estimate of drug-likeness (QED) is 0.695. The van der Waals surface area contributed by atoms with E-state index >= 15 is 0 Å². The molecule has 0 saturated carbocycles. The zero-order valence-corrected chi connectivity index (χ0v) is 18.5. The number of carbonyl (C=O) groups is 1. The van der Waals surface area contributed by atoms with E-state index in [1.54, 1.807) is 55.5 Å². The van der Waals surface area contributed by atoms with Crippen LogP contribution in [0.4, 0.5) is 5.69 Å². The molecule has 164 valence electrons. The molecule has 1 amide bonds. The summed E-state index contributed by atoms with van der Waals surface area (Å²) in [6.45, 7) is 3.02. The van der Waals surface area contributed by atoms with Gasteiger partial charge in [-0.25, -0.2) is 0 Å². The Balaban J connectivity index is 1.95. The van der Waals surface area contributed by atoms with Gasteiger partial charge in [-0.2, -0.15) is 15.8 Å². The van der Waals surface area contributed by atoms with Crippen LogP contribution in [-0.4, -0.2) is 11.8 Å². The zero-order valence-electron chi connectivity index (χ0n) is 17.7. The van der Waals surface area contributed by atoms with Gasteiger partial charge in [-0.15, -0.1) is 0 Å². The molecule has 0 aliphatic carbocycles. The maximum atomic E-state index is 11.4. The van der Waals surface area contributed by atoms with Crippen LogP contribution >= 0.6 is 11.6 Å². The minimum atomic E-state index is -2.07. The third-order valence-corrected chi connectivity index (χ3v) is 6.70. The van der Waals surface area contributed by atoms with Crippen molar-refractivity contribution < 1.29 is 14.3 Å². The van der Waals surface area contributed by atoms with Gasteiger partial charge in [0.1, 0.15) is 6.10 Å². The Morgan fingerprint density at radius 3 is 2.18 bits per heavy atom. The maximum Gasteiger partial charge on any atom is 0.244 e. The number of nitrogens with zero attached hydrogens (tertiary/aromatic N) is 3. The molecule has 0 aromatic heterocycles. The first kappa shape index (κ1) is 22.3. The number of halogens is 1. The summed E-state index contributed by atoms with van der Waals surface area (Å²) in [5, 5.41) is 42.6. The van der Waals surface area contributed by atoms with Crippen molar-refractivity contribution in [3.05, 3.63) is 64.7 Å². The highest BCUT2D eigenvalue weighted by atomic mass is 35.5.